The van der Waals surface area contributed by atoms with Crippen LogP contribution in [0.3, 0.4) is 0 Å². The van der Waals surface area contributed by atoms with Crippen LogP contribution in [-0.2, 0) is 19.6 Å². The first kappa shape index (κ1) is 18.9. The van der Waals surface area contributed by atoms with E-state index < -0.39 is 40.3 Å². The first-order chi connectivity index (χ1) is 11.7. The summed E-state index contributed by atoms with van der Waals surface area (Å²) < 4.78 is 57.7. The first-order valence-corrected chi connectivity index (χ1v) is 8.87. The van der Waals surface area contributed by atoms with Gasteiger partial charge in [-0.1, -0.05) is 0 Å². The van der Waals surface area contributed by atoms with Gasteiger partial charge in [0.25, 0.3) is 10.0 Å². The first-order valence-electron chi connectivity index (χ1n) is 7.43. The Kier molecular flexibility index (Phi) is 5.73. The number of carbonyl (C=O) groups is 1. The second-order valence-corrected chi connectivity index (χ2v) is 7.34. The molecule has 0 aliphatic heterocycles. The van der Waals surface area contributed by atoms with E-state index in [0.717, 1.165) is 40.7 Å². The Labute approximate surface area is 144 Å². The van der Waals surface area contributed by atoms with Crippen molar-refractivity contribution in [3.05, 3.63) is 60.2 Å². The van der Waals surface area contributed by atoms with E-state index in [-0.39, 0.29) is 10.6 Å². The molecule has 0 radical (unpaired) electrons. The van der Waals surface area contributed by atoms with E-state index >= 15 is 0 Å². The molecule has 0 aliphatic rings. The highest BCUT2D eigenvalue weighted by molar-refractivity contribution is 7.92. The van der Waals surface area contributed by atoms with Gasteiger partial charge < -0.3 is 4.74 Å². The molecule has 0 atom stereocenters. The molecule has 2 aromatic rings. The summed E-state index contributed by atoms with van der Waals surface area (Å²) in [6, 6.07) is 8.82. The number of hydrogen-bond donors (Lipinski definition) is 0. The number of nitrogens with zero attached hydrogens (tertiary/aromatic N) is 1. The number of benzene rings is 2. The predicted molar refractivity (Wildman–Crippen MR) is 88.6 cm³/mol. The van der Waals surface area contributed by atoms with Crippen molar-refractivity contribution in [1.82, 2.24) is 0 Å². The summed E-state index contributed by atoms with van der Waals surface area (Å²) in [4.78, 5) is 11.8. The average Bonchev–Trinajstić information content (AvgIpc) is 2.53. The van der Waals surface area contributed by atoms with Crippen LogP contribution < -0.4 is 4.31 Å². The Bertz CT molecular complexity index is 834. The number of esters is 1. The van der Waals surface area contributed by atoms with Gasteiger partial charge in [0, 0.05) is 0 Å². The van der Waals surface area contributed by atoms with Gasteiger partial charge in [-0.3, -0.25) is 9.10 Å². The van der Waals surface area contributed by atoms with Crippen LogP contribution in [0.1, 0.15) is 13.8 Å². The molecule has 0 N–H and O–H groups in total. The lowest BCUT2D eigenvalue weighted by molar-refractivity contribution is -0.145. The van der Waals surface area contributed by atoms with Gasteiger partial charge in [-0.05, 0) is 62.4 Å². The zero-order valence-electron chi connectivity index (χ0n) is 13.6. The van der Waals surface area contributed by atoms with Crippen molar-refractivity contribution in [3.8, 4) is 0 Å². The molecule has 5 nitrogen and oxygen atoms in total. The molecule has 2 aromatic carbocycles. The van der Waals surface area contributed by atoms with Crippen molar-refractivity contribution < 1.29 is 26.7 Å². The Morgan fingerprint density at radius 2 is 1.48 bits per heavy atom. The maximum absolute atomic E-state index is 13.1. The second-order valence-electron chi connectivity index (χ2n) is 5.48. The van der Waals surface area contributed by atoms with E-state index in [9.17, 15) is 22.0 Å². The number of anilines is 1. The molecule has 0 amide bonds. The Balaban J connectivity index is 2.44. The zero-order chi connectivity index (χ0) is 18.6. The highest BCUT2D eigenvalue weighted by Crippen LogP contribution is 2.24. The molecule has 8 heteroatoms. The fourth-order valence-electron chi connectivity index (χ4n) is 2.07. The summed E-state index contributed by atoms with van der Waals surface area (Å²) in [6.07, 6.45) is -0.420. The van der Waals surface area contributed by atoms with Gasteiger partial charge >= 0.3 is 5.97 Å². The summed E-state index contributed by atoms with van der Waals surface area (Å²) in [6.45, 7) is 2.67. The van der Waals surface area contributed by atoms with Crippen molar-refractivity contribution in [1.29, 1.82) is 0 Å². The van der Waals surface area contributed by atoms with Crippen molar-refractivity contribution in [3.63, 3.8) is 0 Å². The third-order valence-corrected chi connectivity index (χ3v) is 4.94. The molecule has 25 heavy (non-hydrogen) atoms. The van der Waals surface area contributed by atoms with Crippen LogP contribution in [0, 0.1) is 11.6 Å². The van der Waals surface area contributed by atoms with E-state index in [1.807, 2.05) is 0 Å². The fourth-order valence-corrected chi connectivity index (χ4v) is 3.48. The van der Waals surface area contributed by atoms with Gasteiger partial charge in [0.05, 0.1) is 16.7 Å². The van der Waals surface area contributed by atoms with E-state index in [0.29, 0.717) is 0 Å². The van der Waals surface area contributed by atoms with Crippen LogP contribution in [-0.4, -0.2) is 27.0 Å². The molecule has 2 rings (SSSR count). The third-order valence-electron chi connectivity index (χ3n) is 3.16. The van der Waals surface area contributed by atoms with E-state index in [2.05, 4.69) is 0 Å². The SMILES string of the molecule is CC(C)OC(=O)CN(c1ccc(F)cc1)S(=O)(=O)c1ccc(F)cc1. The molecule has 0 heterocycles. The van der Waals surface area contributed by atoms with Crippen LogP contribution in [0.4, 0.5) is 14.5 Å². The molecule has 0 spiro atoms. The zero-order valence-corrected chi connectivity index (χ0v) is 14.5. The molecule has 0 saturated carbocycles. The molecule has 134 valence electrons. The lowest BCUT2D eigenvalue weighted by Gasteiger charge is -2.24. The maximum Gasteiger partial charge on any atom is 0.327 e. The molecule has 0 bridgehead atoms. The quantitative estimate of drug-likeness (QED) is 0.734. The molecular formula is C17H17F2NO4S. The van der Waals surface area contributed by atoms with Crippen molar-refractivity contribution in [2.45, 2.75) is 24.8 Å². The lowest BCUT2D eigenvalue weighted by Crippen LogP contribution is -2.37. The number of ether oxygens (including phenoxy) is 1. The summed E-state index contributed by atoms with van der Waals surface area (Å²) >= 11 is 0. The molecule has 0 unspecified atom stereocenters. The largest absolute Gasteiger partial charge is 0.462 e. The van der Waals surface area contributed by atoms with Gasteiger partial charge in [0.1, 0.15) is 18.2 Å². The van der Waals surface area contributed by atoms with Gasteiger partial charge in [-0.25, -0.2) is 17.2 Å². The lowest BCUT2D eigenvalue weighted by atomic mass is 10.3. The molecule has 0 saturated heterocycles. The van der Waals surface area contributed by atoms with Crippen molar-refractivity contribution >= 4 is 21.7 Å². The van der Waals surface area contributed by atoms with E-state index in [1.165, 1.54) is 12.1 Å². The Morgan fingerprint density at radius 1 is 1.00 bits per heavy atom. The minimum absolute atomic E-state index is 0.0893. The smallest absolute Gasteiger partial charge is 0.327 e. The molecule has 0 aromatic heterocycles. The van der Waals surface area contributed by atoms with Crippen molar-refractivity contribution in [2.75, 3.05) is 10.8 Å². The number of rotatable bonds is 6. The summed E-state index contributed by atoms with van der Waals surface area (Å²) in [7, 11) is -4.17. The van der Waals surface area contributed by atoms with Gasteiger partial charge in [-0.15, -0.1) is 0 Å². The van der Waals surface area contributed by atoms with Crippen molar-refractivity contribution in [2.24, 2.45) is 0 Å². The van der Waals surface area contributed by atoms with Gasteiger partial charge in [0.2, 0.25) is 0 Å². The topological polar surface area (TPSA) is 63.7 Å². The summed E-state index contributed by atoms with van der Waals surface area (Å²) in [5, 5.41) is 0. The predicted octanol–water partition coefficient (Wildman–Crippen LogP) is 3.11. The highest BCUT2D eigenvalue weighted by Gasteiger charge is 2.28. The third kappa shape index (κ3) is 4.76. The molecule has 0 aliphatic carbocycles. The van der Waals surface area contributed by atoms with Crippen LogP contribution in [0.2, 0.25) is 0 Å². The van der Waals surface area contributed by atoms with Gasteiger partial charge in [-0.2, -0.15) is 0 Å². The Morgan fingerprint density at radius 3 is 1.96 bits per heavy atom. The monoisotopic (exact) mass is 369 g/mol. The minimum atomic E-state index is -4.17. The van der Waals surface area contributed by atoms with Crippen LogP contribution in [0.5, 0.6) is 0 Å². The maximum atomic E-state index is 13.1. The van der Waals surface area contributed by atoms with E-state index in [4.69, 9.17) is 4.74 Å². The van der Waals surface area contributed by atoms with Crippen LogP contribution >= 0.6 is 0 Å². The van der Waals surface area contributed by atoms with Crippen LogP contribution in [0.15, 0.2) is 53.4 Å². The Hall–Kier alpha value is -2.48. The summed E-state index contributed by atoms with van der Waals surface area (Å²) in [5.74, 6) is -1.90. The number of sulfonamides is 1. The van der Waals surface area contributed by atoms with E-state index in [1.54, 1.807) is 13.8 Å². The average molecular weight is 369 g/mol. The summed E-state index contributed by atoms with van der Waals surface area (Å²) in [5.41, 5.74) is 0.0893. The van der Waals surface area contributed by atoms with Crippen LogP contribution in [0.25, 0.3) is 0 Å². The second kappa shape index (κ2) is 7.60. The number of hydrogen-bond acceptors (Lipinski definition) is 4. The minimum Gasteiger partial charge on any atom is -0.462 e. The molecule has 0 fully saturated rings. The number of carbonyl (C=O) groups excluding carboxylic acids is 1. The van der Waals surface area contributed by atoms with Gasteiger partial charge in [0.15, 0.2) is 0 Å². The normalized spacial score (nSPS) is 11.4. The standard InChI is InChI=1S/C17H17F2NO4S/c1-12(2)24-17(21)11-20(15-7-3-13(18)4-8-15)25(22,23)16-9-5-14(19)6-10-16/h3-10,12H,11H2,1-2H3. The fraction of sp³-hybridized carbons (Fsp3) is 0.235. The highest BCUT2D eigenvalue weighted by atomic mass is 32.2. The molecular weight excluding hydrogens is 352 g/mol. The number of halogens is 2.